The number of hydrogen-bond donors (Lipinski definition) is 2. The van der Waals surface area contributed by atoms with Crippen LogP contribution < -0.4 is 10.1 Å². The standard InChI is InChI=1S/C18H23NO2/c1-13-7-9-15(10-8-13)14(2)19-18(12-20)16-5-4-6-17(11-16)21-3/h4-11,14,18-20H,12H2,1-3H3. The highest BCUT2D eigenvalue weighted by molar-refractivity contribution is 5.31. The first kappa shape index (κ1) is 15.5. The molecular weight excluding hydrogens is 262 g/mol. The summed E-state index contributed by atoms with van der Waals surface area (Å²) in [4.78, 5) is 0. The molecule has 0 bridgehead atoms. The topological polar surface area (TPSA) is 41.5 Å². The van der Waals surface area contributed by atoms with Gasteiger partial charge in [-0.1, -0.05) is 42.0 Å². The first-order valence-corrected chi connectivity index (χ1v) is 7.21. The normalized spacial score (nSPS) is 13.7. The van der Waals surface area contributed by atoms with Gasteiger partial charge in [0.25, 0.3) is 0 Å². The number of aliphatic hydroxyl groups excluding tert-OH is 1. The van der Waals surface area contributed by atoms with E-state index in [2.05, 4.69) is 43.4 Å². The molecule has 0 aromatic heterocycles. The molecule has 0 aliphatic rings. The third-order valence-corrected chi connectivity index (χ3v) is 3.71. The lowest BCUT2D eigenvalue weighted by Gasteiger charge is -2.23. The Kier molecular flexibility index (Phi) is 5.37. The van der Waals surface area contributed by atoms with Crippen molar-refractivity contribution in [1.82, 2.24) is 5.32 Å². The van der Waals surface area contributed by atoms with Gasteiger partial charge in [0.05, 0.1) is 19.8 Å². The Hall–Kier alpha value is -1.84. The molecule has 2 aromatic carbocycles. The number of rotatable bonds is 6. The van der Waals surface area contributed by atoms with E-state index in [1.54, 1.807) is 7.11 Å². The van der Waals surface area contributed by atoms with Crippen molar-refractivity contribution in [3.63, 3.8) is 0 Å². The van der Waals surface area contributed by atoms with Crippen molar-refractivity contribution < 1.29 is 9.84 Å². The fourth-order valence-corrected chi connectivity index (χ4v) is 2.37. The highest BCUT2D eigenvalue weighted by Gasteiger charge is 2.15. The zero-order chi connectivity index (χ0) is 15.2. The van der Waals surface area contributed by atoms with Gasteiger partial charge >= 0.3 is 0 Å². The lowest BCUT2D eigenvalue weighted by atomic mass is 10.0. The summed E-state index contributed by atoms with van der Waals surface area (Å²) < 4.78 is 5.24. The van der Waals surface area contributed by atoms with Crippen molar-refractivity contribution in [3.05, 3.63) is 65.2 Å². The summed E-state index contributed by atoms with van der Waals surface area (Å²) in [6.45, 7) is 4.23. The van der Waals surface area contributed by atoms with Crippen molar-refractivity contribution in [3.8, 4) is 5.75 Å². The number of benzene rings is 2. The highest BCUT2D eigenvalue weighted by atomic mass is 16.5. The molecule has 2 aromatic rings. The summed E-state index contributed by atoms with van der Waals surface area (Å²) >= 11 is 0. The fraction of sp³-hybridized carbons (Fsp3) is 0.333. The van der Waals surface area contributed by atoms with Crippen LogP contribution >= 0.6 is 0 Å². The lowest BCUT2D eigenvalue weighted by molar-refractivity contribution is 0.235. The molecule has 0 saturated heterocycles. The molecule has 0 heterocycles. The molecule has 3 nitrogen and oxygen atoms in total. The molecule has 2 N–H and O–H groups in total. The number of aryl methyl sites for hydroxylation is 1. The molecule has 2 unspecified atom stereocenters. The third-order valence-electron chi connectivity index (χ3n) is 3.71. The monoisotopic (exact) mass is 285 g/mol. The maximum atomic E-state index is 9.68. The zero-order valence-corrected chi connectivity index (χ0v) is 12.8. The maximum absolute atomic E-state index is 9.68. The second kappa shape index (κ2) is 7.25. The third kappa shape index (κ3) is 4.06. The number of ether oxygens (including phenoxy) is 1. The number of methoxy groups -OCH3 is 1. The van der Waals surface area contributed by atoms with Gasteiger partial charge in [0.1, 0.15) is 5.75 Å². The van der Waals surface area contributed by atoms with Gasteiger partial charge < -0.3 is 15.2 Å². The van der Waals surface area contributed by atoms with Crippen LogP contribution in [0.1, 0.15) is 35.7 Å². The first-order chi connectivity index (χ1) is 10.1. The summed E-state index contributed by atoms with van der Waals surface area (Å²) in [6.07, 6.45) is 0. The molecule has 0 radical (unpaired) electrons. The number of hydrogen-bond acceptors (Lipinski definition) is 3. The summed E-state index contributed by atoms with van der Waals surface area (Å²) in [6, 6.07) is 16.3. The van der Waals surface area contributed by atoms with Crippen LogP contribution in [0.3, 0.4) is 0 Å². The van der Waals surface area contributed by atoms with Crippen molar-refractivity contribution >= 4 is 0 Å². The zero-order valence-electron chi connectivity index (χ0n) is 12.8. The fourth-order valence-electron chi connectivity index (χ4n) is 2.37. The average Bonchev–Trinajstić information content (AvgIpc) is 2.53. The molecule has 0 amide bonds. The second-order valence-electron chi connectivity index (χ2n) is 5.31. The molecule has 0 fully saturated rings. The van der Waals surface area contributed by atoms with Crippen molar-refractivity contribution in [2.75, 3.05) is 13.7 Å². The Labute approximate surface area is 126 Å². The van der Waals surface area contributed by atoms with Crippen molar-refractivity contribution in [2.45, 2.75) is 25.9 Å². The van der Waals surface area contributed by atoms with Crippen LogP contribution in [0.15, 0.2) is 48.5 Å². The number of nitrogens with one attached hydrogen (secondary N) is 1. The minimum absolute atomic E-state index is 0.0450. The van der Waals surface area contributed by atoms with Crippen LogP contribution in [0.4, 0.5) is 0 Å². The van der Waals surface area contributed by atoms with E-state index in [0.717, 1.165) is 11.3 Å². The maximum Gasteiger partial charge on any atom is 0.119 e. The molecule has 0 aliphatic heterocycles. The minimum Gasteiger partial charge on any atom is -0.497 e. The predicted molar refractivity (Wildman–Crippen MR) is 85.6 cm³/mol. The van der Waals surface area contributed by atoms with Gasteiger partial charge in [0.15, 0.2) is 0 Å². The molecular formula is C18H23NO2. The van der Waals surface area contributed by atoms with E-state index in [1.165, 1.54) is 11.1 Å². The van der Waals surface area contributed by atoms with Gasteiger partial charge in [0, 0.05) is 6.04 Å². The average molecular weight is 285 g/mol. The second-order valence-corrected chi connectivity index (χ2v) is 5.31. The van der Waals surface area contributed by atoms with Crippen LogP contribution in [-0.2, 0) is 0 Å². The van der Waals surface area contributed by atoms with E-state index in [9.17, 15) is 5.11 Å². The summed E-state index contributed by atoms with van der Waals surface area (Å²) in [5, 5.41) is 13.1. The predicted octanol–water partition coefficient (Wildman–Crippen LogP) is 3.39. The van der Waals surface area contributed by atoms with Crippen LogP contribution in [0.25, 0.3) is 0 Å². The Morgan fingerprint density at radius 2 is 1.81 bits per heavy atom. The molecule has 0 spiro atoms. The first-order valence-electron chi connectivity index (χ1n) is 7.21. The van der Waals surface area contributed by atoms with Gasteiger partial charge in [-0.05, 0) is 37.1 Å². The molecule has 21 heavy (non-hydrogen) atoms. The van der Waals surface area contributed by atoms with Crippen LogP contribution in [0.2, 0.25) is 0 Å². The minimum atomic E-state index is -0.114. The van der Waals surface area contributed by atoms with E-state index in [4.69, 9.17) is 4.74 Å². The Morgan fingerprint density at radius 1 is 1.10 bits per heavy atom. The molecule has 3 heteroatoms. The van der Waals surface area contributed by atoms with Crippen molar-refractivity contribution in [2.24, 2.45) is 0 Å². The molecule has 0 aliphatic carbocycles. The Balaban J connectivity index is 2.12. The molecule has 112 valence electrons. The van der Waals surface area contributed by atoms with E-state index in [1.807, 2.05) is 24.3 Å². The largest absolute Gasteiger partial charge is 0.497 e. The van der Waals surface area contributed by atoms with Crippen molar-refractivity contribution in [1.29, 1.82) is 0 Å². The SMILES string of the molecule is COc1cccc(C(CO)NC(C)c2ccc(C)cc2)c1. The smallest absolute Gasteiger partial charge is 0.119 e. The highest BCUT2D eigenvalue weighted by Crippen LogP contribution is 2.22. The van der Waals surface area contributed by atoms with Gasteiger partial charge in [-0.25, -0.2) is 0 Å². The van der Waals surface area contributed by atoms with Gasteiger partial charge in [-0.3, -0.25) is 0 Å². The van der Waals surface area contributed by atoms with Gasteiger partial charge in [-0.2, -0.15) is 0 Å². The summed E-state index contributed by atoms with van der Waals surface area (Å²) in [5.41, 5.74) is 3.48. The quantitative estimate of drug-likeness (QED) is 0.855. The van der Waals surface area contributed by atoms with Crippen LogP contribution in [-0.4, -0.2) is 18.8 Å². The van der Waals surface area contributed by atoms with E-state index < -0.39 is 0 Å². The van der Waals surface area contributed by atoms with Crippen LogP contribution in [0.5, 0.6) is 5.75 Å². The van der Waals surface area contributed by atoms with Crippen LogP contribution in [0, 0.1) is 6.92 Å². The van der Waals surface area contributed by atoms with Gasteiger partial charge in [-0.15, -0.1) is 0 Å². The number of aliphatic hydroxyl groups is 1. The Morgan fingerprint density at radius 3 is 2.43 bits per heavy atom. The summed E-state index contributed by atoms with van der Waals surface area (Å²) in [7, 11) is 1.65. The van der Waals surface area contributed by atoms with E-state index in [-0.39, 0.29) is 18.7 Å². The lowest BCUT2D eigenvalue weighted by Crippen LogP contribution is -2.27. The molecule has 2 atom stereocenters. The Bertz CT molecular complexity index is 566. The summed E-state index contributed by atoms with van der Waals surface area (Å²) in [5.74, 6) is 0.802. The molecule has 2 rings (SSSR count). The van der Waals surface area contributed by atoms with Gasteiger partial charge in [0.2, 0.25) is 0 Å². The molecule has 0 saturated carbocycles. The van der Waals surface area contributed by atoms with E-state index >= 15 is 0 Å². The van der Waals surface area contributed by atoms with E-state index in [0.29, 0.717) is 0 Å².